The number of rotatable bonds is 3. The van der Waals surface area contributed by atoms with Gasteiger partial charge in [0, 0.05) is 33.1 Å². The first-order valence-electron chi connectivity index (χ1n) is 12.3. The molecule has 0 radical (unpaired) electrons. The summed E-state index contributed by atoms with van der Waals surface area (Å²) in [5.41, 5.74) is 1.29. The molecule has 0 spiro atoms. The van der Waals surface area contributed by atoms with E-state index in [1.165, 1.54) is 19.7 Å². The largest absolute Gasteiger partial charge is 0.493 e. The van der Waals surface area contributed by atoms with Crippen molar-refractivity contribution in [3.8, 4) is 5.75 Å². The molecule has 3 heterocycles. The number of nitrogens with zero attached hydrogens (tertiary/aromatic N) is 2. The Balaban J connectivity index is 1.51. The molecule has 3 aliphatic heterocycles. The lowest BCUT2D eigenvalue weighted by atomic mass is 9.82. The summed E-state index contributed by atoms with van der Waals surface area (Å²) in [6.45, 7) is 1.50. The topological polar surface area (TPSA) is 97.4 Å². The molecule has 1 aromatic carbocycles. The highest BCUT2D eigenvalue weighted by atomic mass is 32.2. The van der Waals surface area contributed by atoms with Gasteiger partial charge in [0.25, 0.3) is 10.2 Å². The van der Waals surface area contributed by atoms with Crippen molar-refractivity contribution in [3.63, 3.8) is 0 Å². The predicted molar refractivity (Wildman–Crippen MR) is 128 cm³/mol. The summed E-state index contributed by atoms with van der Waals surface area (Å²) in [5, 5.41) is 0. The van der Waals surface area contributed by atoms with Crippen LogP contribution in [0.25, 0.3) is 0 Å². The first kappa shape index (κ1) is 25.2. The maximum absolute atomic E-state index is 13.0. The Labute approximate surface area is 202 Å². The summed E-state index contributed by atoms with van der Waals surface area (Å²) in [4.78, 5) is 14.6. The summed E-state index contributed by atoms with van der Waals surface area (Å²) in [7, 11) is -0.662. The lowest BCUT2D eigenvalue weighted by Crippen LogP contribution is -2.60. The van der Waals surface area contributed by atoms with Crippen LogP contribution in [0.5, 0.6) is 5.75 Å². The van der Waals surface area contributed by atoms with E-state index in [-0.39, 0.29) is 19.3 Å². The van der Waals surface area contributed by atoms with Crippen molar-refractivity contribution in [2.24, 2.45) is 0 Å². The maximum atomic E-state index is 13.0. The van der Waals surface area contributed by atoms with Gasteiger partial charge in [0.15, 0.2) is 0 Å². The van der Waals surface area contributed by atoms with E-state index in [0.29, 0.717) is 38.3 Å². The number of amides is 1. The van der Waals surface area contributed by atoms with Crippen molar-refractivity contribution < 1.29 is 27.4 Å². The van der Waals surface area contributed by atoms with Crippen molar-refractivity contribution >= 4 is 16.3 Å². The Bertz CT molecular complexity index is 932. The van der Waals surface area contributed by atoms with Gasteiger partial charge in [-0.25, -0.2) is 4.79 Å². The van der Waals surface area contributed by atoms with Crippen molar-refractivity contribution in [3.05, 3.63) is 29.8 Å². The molecule has 1 saturated carbocycles. The molecular formula is C24H37N3O6S. The Kier molecular flexibility index (Phi) is 8.34. The molecule has 4 aliphatic rings. The third-order valence-corrected chi connectivity index (χ3v) is 8.65. The molecule has 34 heavy (non-hydrogen) atoms. The number of nitrogens with one attached hydrogen (secondary N) is 1. The Morgan fingerprint density at radius 1 is 1.03 bits per heavy atom. The zero-order chi connectivity index (χ0) is 24.1. The highest BCUT2D eigenvalue weighted by Crippen LogP contribution is 2.35. The molecule has 1 amide bonds. The summed E-state index contributed by atoms with van der Waals surface area (Å²) < 4.78 is 46.8. The molecule has 1 aromatic rings. The number of carbonyl (C=O) groups is 1. The van der Waals surface area contributed by atoms with E-state index in [0.717, 1.165) is 35.7 Å². The number of benzene rings is 1. The highest BCUT2D eigenvalue weighted by molar-refractivity contribution is 7.87. The van der Waals surface area contributed by atoms with Crippen LogP contribution in [-0.2, 0) is 19.7 Å². The molecular weight excluding hydrogens is 458 g/mol. The molecule has 0 unspecified atom stereocenters. The molecule has 2 fully saturated rings. The monoisotopic (exact) mass is 495 g/mol. The maximum Gasteiger partial charge on any atom is 0.410 e. The van der Waals surface area contributed by atoms with Gasteiger partial charge in [-0.1, -0.05) is 12.1 Å². The number of ether oxygens (including phenoxy) is 3. The molecule has 0 aromatic heterocycles. The van der Waals surface area contributed by atoms with Gasteiger partial charge in [-0.05, 0) is 62.1 Å². The van der Waals surface area contributed by atoms with E-state index in [1.54, 1.807) is 4.90 Å². The molecule has 190 valence electrons. The van der Waals surface area contributed by atoms with Crippen molar-refractivity contribution in [2.75, 3.05) is 40.5 Å². The van der Waals surface area contributed by atoms with Gasteiger partial charge in [0.2, 0.25) is 0 Å². The summed E-state index contributed by atoms with van der Waals surface area (Å²) in [5.74, 6) is 1.33. The van der Waals surface area contributed by atoms with Gasteiger partial charge in [0.1, 0.15) is 5.75 Å². The molecule has 4 bridgehead atoms. The number of fused-ring (bicyclic) bond motifs is 8. The van der Waals surface area contributed by atoms with Crippen LogP contribution in [0.2, 0.25) is 0 Å². The van der Waals surface area contributed by atoms with Crippen LogP contribution in [0.4, 0.5) is 4.79 Å². The first-order valence-corrected chi connectivity index (χ1v) is 13.7. The fraction of sp³-hybridized carbons (Fsp3) is 0.708. The molecule has 5 rings (SSSR count). The van der Waals surface area contributed by atoms with E-state index < -0.39 is 28.4 Å². The second kappa shape index (κ2) is 11.2. The van der Waals surface area contributed by atoms with Crippen LogP contribution in [-0.4, -0.2) is 82.4 Å². The van der Waals surface area contributed by atoms with Crippen LogP contribution >= 0.6 is 0 Å². The summed E-state index contributed by atoms with van der Waals surface area (Å²) >= 11 is 0. The summed E-state index contributed by atoms with van der Waals surface area (Å²) in [6, 6.07) is 7.43. The third kappa shape index (κ3) is 6.21. The predicted octanol–water partition coefficient (Wildman–Crippen LogP) is 2.88. The minimum absolute atomic E-state index is 0.0947. The lowest BCUT2D eigenvalue weighted by molar-refractivity contribution is -0.0268. The van der Waals surface area contributed by atoms with Crippen LogP contribution < -0.4 is 9.46 Å². The van der Waals surface area contributed by atoms with Crippen LogP contribution in [0.1, 0.15) is 56.4 Å². The van der Waals surface area contributed by atoms with Gasteiger partial charge in [0.05, 0.1) is 32.0 Å². The van der Waals surface area contributed by atoms with Gasteiger partial charge in [-0.2, -0.15) is 17.4 Å². The molecule has 1 saturated heterocycles. The van der Waals surface area contributed by atoms with Gasteiger partial charge in [-0.15, -0.1) is 0 Å². The third-order valence-electron chi connectivity index (χ3n) is 7.08. The Morgan fingerprint density at radius 3 is 2.56 bits per heavy atom. The lowest BCUT2D eigenvalue weighted by Gasteiger charge is -2.41. The standard InChI is InChI=1S/C24H37N3O6S/c1-26(2)34(29,30)25-22-8-4-13-27-23(22)17-33-20-11-9-18(10-12-20)19-6-3-7-21(16-19)31-14-5-15-32-24(27)28/h3,6-7,16,18,20,22-23,25H,4-5,8-15,17H2,1-2H3/t18?,20?,22-,23-/m0/s1. The van der Waals surface area contributed by atoms with E-state index in [2.05, 4.69) is 16.9 Å². The Hall–Kier alpha value is -1.88. The number of piperidine rings is 1. The normalized spacial score (nSPS) is 29.1. The Morgan fingerprint density at radius 2 is 1.79 bits per heavy atom. The second-order valence-electron chi connectivity index (χ2n) is 9.61. The minimum Gasteiger partial charge on any atom is -0.493 e. The van der Waals surface area contributed by atoms with Crippen molar-refractivity contribution in [1.29, 1.82) is 0 Å². The molecule has 1 N–H and O–H groups in total. The first-order chi connectivity index (χ1) is 16.3. The number of carbonyl (C=O) groups excluding carboxylic acids is 1. The fourth-order valence-electron chi connectivity index (χ4n) is 5.07. The van der Waals surface area contributed by atoms with E-state index >= 15 is 0 Å². The fourth-order valence-corrected chi connectivity index (χ4v) is 5.94. The van der Waals surface area contributed by atoms with Crippen molar-refractivity contribution in [2.45, 2.75) is 69.1 Å². The molecule has 10 heteroatoms. The quantitative estimate of drug-likeness (QED) is 0.693. The molecule has 1 aliphatic carbocycles. The van der Waals surface area contributed by atoms with E-state index in [4.69, 9.17) is 14.2 Å². The average Bonchev–Trinajstić information content (AvgIpc) is 2.82. The summed E-state index contributed by atoms with van der Waals surface area (Å²) in [6.07, 6.45) is 5.49. The van der Waals surface area contributed by atoms with Crippen LogP contribution in [0.15, 0.2) is 24.3 Å². The second-order valence-corrected chi connectivity index (χ2v) is 11.5. The average molecular weight is 496 g/mol. The molecule has 2 atom stereocenters. The van der Waals surface area contributed by atoms with Gasteiger partial charge >= 0.3 is 6.09 Å². The van der Waals surface area contributed by atoms with Gasteiger partial charge < -0.3 is 19.1 Å². The zero-order valence-electron chi connectivity index (χ0n) is 20.1. The SMILES string of the molecule is CN(C)S(=O)(=O)N[C@H]1CCCN2C(=O)OCCCOc3cccc(c3)C3CCC(CC3)OC[C@@H]12. The van der Waals surface area contributed by atoms with Gasteiger partial charge in [-0.3, -0.25) is 0 Å². The minimum atomic E-state index is -3.64. The highest BCUT2D eigenvalue weighted by Gasteiger charge is 2.38. The molecule has 9 nitrogen and oxygen atoms in total. The van der Waals surface area contributed by atoms with E-state index in [1.807, 2.05) is 12.1 Å². The van der Waals surface area contributed by atoms with Crippen LogP contribution in [0.3, 0.4) is 0 Å². The van der Waals surface area contributed by atoms with E-state index in [9.17, 15) is 13.2 Å². The number of hydrogen-bond donors (Lipinski definition) is 1. The number of hydrogen-bond acceptors (Lipinski definition) is 6. The van der Waals surface area contributed by atoms with Crippen molar-refractivity contribution in [1.82, 2.24) is 13.9 Å². The van der Waals surface area contributed by atoms with Crippen LogP contribution in [0, 0.1) is 0 Å². The smallest absolute Gasteiger partial charge is 0.410 e. The zero-order valence-corrected chi connectivity index (χ0v) is 21.0.